The number of carbonyl (C=O) groups excluding carboxylic acids is 1. The van der Waals surface area contributed by atoms with E-state index >= 15 is 0 Å². The van der Waals surface area contributed by atoms with Gasteiger partial charge in [-0.05, 0) is 12.1 Å². The van der Waals surface area contributed by atoms with E-state index in [1.54, 1.807) is 0 Å². The summed E-state index contributed by atoms with van der Waals surface area (Å²) in [6.07, 6.45) is -1.50. The fourth-order valence-corrected chi connectivity index (χ4v) is 4.15. The minimum Gasteiger partial charge on any atom is -0.449 e. The number of rotatable bonds is 3. The third-order valence-corrected chi connectivity index (χ3v) is 5.44. The lowest BCUT2D eigenvalue weighted by Crippen LogP contribution is -2.91. The van der Waals surface area contributed by atoms with E-state index in [0.29, 0.717) is 0 Å². The largest absolute Gasteiger partial charge is 0.449 e. The highest BCUT2D eigenvalue weighted by Crippen LogP contribution is 2.39. The number of carbonyl (C=O) groups is 1. The summed E-state index contributed by atoms with van der Waals surface area (Å²) in [7, 11) is 0. The smallest absolute Gasteiger partial charge is 0.347 e. The van der Waals surface area contributed by atoms with E-state index < -0.39 is 48.0 Å². The number of aliphatic hydroxyl groups excluding tert-OH is 1. The molecule has 1 saturated heterocycles. The molecular formula is C16H21FN6O5+2. The van der Waals surface area contributed by atoms with E-state index in [9.17, 15) is 24.5 Å². The Kier molecular flexibility index (Phi) is 3.96. The molecule has 0 aliphatic carbocycles. The van der Waals surface area contributed by atoms with Gasteiger partial charge in [-0.3, -0.25) is 21.8 Å². The number of nitrogens with two attached hydrogens (primary N) is 2. The number of hydrogen-bond donors (Lipinski definition) is 8. The molecule has 3 aliphatic heterocycles. The van der Waals surface area contributed by atoms with Crippen LogP contribution in [0.4, 0.5) is 4.39 Å². The predicted octanol–water partition coefficient (Wildman–Crippen LogP) is -5.60. The summed E-state index contributed by atoms with van der Waals surface area (Å²) in [5.74, 6) is -4.49. The van der Waals surface area contributed by atoms with Gasteiger partial charge in [0.1, 0.15) is 18.4 Å². The van der Waals surface area contributed by atoms with E-state index in [1.165, 1.54) is 22.8 Å². The molecule has 12 heteroatoms. The Labute approximate surface area is 158 Å². The van der Waals surface area contributed by atoms with Crippen LogP contribution in [-0.2, 0) is 4.74 Å². The van der Waals surface area contributed by atoms with Crippen LogP contribution < -0.4 is 27.1 Å². The summed E-state index contributed by atoms with van der Waals surface area (Å²) in [4.78, 5) is 15.2. The average Bonchev–Trinajstić information content (AvgIpc) is 3.11. The number of esters is 1. The second-order valence-corrected chi connectivity index (χ2v) is 6.96. The Morgan fingerprint density at radius 2 is 2.11 bits per heavy atom. The van der Waals surface area contributed by atoms with Crippen LogP contribution in [-0.4, -0.2) is 80.6 Å². The Balaban J connectivity index is 1.72. The normalized spacial score (nSPS) is 32.7. The molecule has 4 rings (SSSR count). The standard InChI is InChI=1S/C16H19FN6O5/c17-8-4-2-1-3-7(8)12(25)28-10-5-23-14(19)20-9(6-24)11-15(23,16(10,26)27)22-13(18)21-11/h1-4,9-11,24,26-27H,5-6H2,(H5,18,19,20,21,22)/p+2/t9-,10-,11-,15-/m0/s1. The lowest BCUT2D eigenvalue weighted by Gasteiger charge is -2.40. The van der Waals surface area contributed by atoms with Gasteiger partial charge in [-0.2, -0.15) is 0 Å². The molecule has 0 bridgehead atoms. The van der Waals surface area contributed by atoms with Crippen LogP contribution in [0.25, 0.3) is 0 Å². The number of nitrogens with one attached hydrogen (secondary N) is 3. The highest BCUT2D eigenvalue weighted by Gasteiger charge is 2.78. The molecule has 1 aromatic carbocycles. The Hall–Kier alpha value is -2.96. The molecule has 1 spiro atoms. The van der Waals surface area contributed by atoms with Crippen LogP contribution in [0, 0.1) is 5.82 Å². The van der Waals surface area contributed by atoms with Crippen molar-refractivity contribution in [1.82, 2.24) is 10.6 Å². The summed E-state index contributed by atoms with van der Waals surface area (Å²) >= 11 is 0. The Bertz CT molecular complexity index is 905. The van der Waals surface area contributed by atoms with Crippen molar-refractivity contribution in [2.45, 2.75) is 29.6 Å². The van der Waals surface area contributed by atoms with Crippen molar-refractivity contribution >= 4 is 17.9 Å². The van der Waals surface area contributed by atoms with Crippen molar-refractivity contribution in [3.8, 4) is 0 Å². The van der Waals surface area contributed by atoms with Crippen molar-refractivity contribution in [2.24, 2.45) is 11.5 Å². The molecule has 11 nitrogen and oxygen atoms in total. The van der Waals surface area contributed by atoms with Gasteiger partial charge in [0.15, 0.2) is 12.1 Å². The fraction of sp³-hybridized carbons (Fsp3) is 0.438. The second-order valence-electron chi connectivity index (χ2n) is 6.96. The summed E-state index contributed by atoms with van der Waals surface area (Å²) in [5.41, 5.74) is 9.76. The molecule has 10 N–H and O–H groups in total. The zero-order valence-electron chi connectivity index (χ0n) is 14.6. The topological polar surface area (TPSA) is 180 Å². The first-order valence-electron chi connectivity index (χ1n) is 8.57. The van der Waals surface area contributed by atoms with E-state index in [0.717, 1.165) is 6.07 Å². The average molecular weight is 396 g/mol. The third kappa shape index (κ3) is 2.28. The second kappa shape index (κ2) is 6.02. The monoisotopic (exact) mass is 396 g/mol. The first kappa shape index (κ1) is 18.4. The molecule has 0 radical (unpaired) electrons. The van der Waals surface area contributed by atoms with Gasteiger partial charge in [0, 0.05) is 0 Å². The molecular weight excluding hydrogens is 375 g/mol. The number of halogens is 1. The predicted molar refractivity (Wildman–Crippen MR) is 90.9 cm³/mol. The van der Waals surface area contributed by atoms with Crippen molar-refractivity contribution in [3.05, 3.63) is 35.6 Å². The Morgan fingerprint density at radius 1 is 1.39 bits per heavy atom. The minimum atomic E-state index is -2.69. The fourth-order valence-electron chi connectivity index (χ4n) is 4.15. The summed E-state index contributed by atoms with van der Waals surface area (Å²) in [6.45, 7) is -0.610. The molecule has 28 heavy (non-hydrogen) atoms. The van der Waals surface area contributed by atoms with Gasteiger partial charge in [-0.25, -0.2) is 19.1 Å². The molecule has 0 saturated carbocycles. The number of nitrogens with zero attached hydrogens (tertiary/aromatic N) is 1. The number of benzene rings is 1. The number of guanidine groups is 2. The molecule has 150 valence electrons. The Morgan fingerprint density at radius 3 is 2.79 bits per heavy atom. The summed E-state index contributed by atoms with van der Waals surface area (Å²) in [6, 6.07) is 3.63. The van der Waals surface area contributed by atoms with Crippen molar-refractivity contribution in [1.29, 1.82) is 0 Å². The lowest BCUT2D eigenvalue weighted by molar-refractivity contribution is -0.674. The maximum Gasteiger partial charge on any atom is 0.347 e. The van der Waals surface area contributed by atoms with E-state index in [1.807, 2.05) is 0 Å². The lowest BCUT2D eigenvalue weighted by atomic mass is 9.86. The van der Waals surface area contributed by atoms with Crippen molar-refractivity contribution in [3.63, 3.8) is 0 Å². The summed E-state index contributed by atoms with van der Waals surface area (Å²) < 4.78 is 20.5. The highest BCUT2D eigenvalue weighted by atomic mass is 19.1. The maximum absolute atomic E-state index is 13.9. The number of hydrogen-bond acceptors (Lipinski definition) is 9. The van der Waals surface area contributed by atoms with Gasteiger partial charge >= 0.3 is 23.6 Å². The van der Waals surface area contributed by atoms with Crippen LogP contribution >= 0.6 is 0 Å². The molecule has 1 fully saturated rings. The van der Waals surface area contributed by atoms with Crippen molar-refractivity contribution in [2.75, 3.05) is 13.2 Å². The van der Waals surface area contributed by atoms with E-state index in [-0.39, 0.29) is 24.0 Å². The zero-order valence-corrected chi connectivity index (χ0v) is 14.6. The van der Waals surface area contributed by atoms with Gasteiger partial charge in [0.05, 0.1) is 12.2 Å². The van der Waals surface area contributed by atoms with Crippen LogP contribution in [0.5, 0.6) is 0 Å². The van der Waals surface area contributed by atoms with Gasteiger partial charge < -0.3 is 20.1 Å². The van der Waals surface area contributed by atoms with E-state index in [4.69, 9.17) is 16.2 Å². The SMILES string of the molecule is NC1=[NH+][C@H]2[C@H](CO)NC(N)=[N+]3C[C@H](OC(=O)c4ccccc4F)C(O)(O)[C@]23N1. The maximum atomic E-state index is 13.9. The van der Waals surface area contributed by atoms with E-state index in [2.05, 4.69) is 15.6 Å². The molecule has 3 aliphatic rings. The van der Waals surface area contributed by atoms with Crippen LogP contribution in [0.2, 0.25) is 0 Å². The van der Waals surface area contributed by atoms with Gasteiger partial charge in [0.25, 0.3) is 5.79 Å². The first-order chi connectivity index (χ1) is 13.2. The highest BCUT2D eigenvalue weighted by molar-refractivity contribution is 5.90. The molecule has 3 heterocycles. The molecule has 1 aromatic rings. The van der Waals surface area contributed by atoms with Gasteiger partial charge in [-0.1, -0.05) is 12.1 Å². The third-order valence-electron chi connectivity index (χ3n) is 5.44. The van der Waals surface area contributed by atoms with Gasteiger partial charge in [0.2, 0.25) is 0 Å². The number of aliphatic hydroxyl groups is 3. The molecule has 0 aromatic heterocycles. The molecule has 0 amide bonds. The van der Waals surface area contributed by atoms with Crippen LogP contribution in [0.15, 0.2) is 24.3 Å². The van der Waals surface area contributed by atoms with Crippen LogP contribution in [0.1, 0.15) is 10.4 Å². The number of ether oxygens (including phenoxy) is 1. The first-order valence-corrected chi connectivity index (χ1v) is 8.57. The van der Waals surface area contributed by atoms with Gasteiger partial charge in [-0.15, -0.1) is 0 Å². The molecule has 0 unspecified atom stereocenters. The molecule has 4 atom stereocenters. The summed E-state index contributed by atoms with van der Waals surface area (Å²) in [5, 5.41) is 37.3. The quantitative estimate of drug-likeness (QED) is 0.140. The van der Waals surface area contributed by atoms with Crippen molar-refractivity contribution < 1.29 is 38.8 Å². The van der Waals surface area contributed by atoms with Crippen LogP contribution in [0.3, 0.4) is 0 Å². The minimum absolute atomic E-state index is 0.0243. The zero-order chi connectivity index (χ0) is 20.3.